The third-order valence-corrected chi connectivity index (χ3v) is 2.43. The lowest BCUT2D eigenvalue weighted by molar-refractivity contribution is 0.0992. The highest BCUT2D eigenvalue weighted by Crippen LogP contribution is 2.16. The predicted molar refractivity (Wildman–Crippen MR) is 51.8 cm³/mol. The second-order valence-corrected chi connectivity index (χ2v) is 3.37. The number of rotatable bonds is 2. The van der Waals surface area contributed by atoms with E-state index in [9.17, 15) is 0 Å². The van der Waals surface area contributed by atoms with Crippen molar-refractivity contribution in [3.05, 3.63) is 0 Å². The molecule has 1 rings (SSSR count). The Labute approximate surface area is 71.8 Å². The van der Waals surface area contributed by atoms with Gasteiger partial charge < -0.3 is 4.90 Å². The van der Waals surface area contributed by atoms with Crippen molar-refractivity contribution in [1.82, 2.24) is 4.90 Å². The Balaban J connectivity index is 0.000000461. The second kappa shape index (κ2) is 5.59. The SMILES string of the molecule is CC.CC(C)[C@@H](C)N1CCC1. The smallest absolute Gasteiger partial charge is 0.00899 e. The Kier molecular flexibility index (Phi) is 5.57. The summed E-state index contributed by atoms with van der Waals surface area (Å²) in [6.07, 6.45) is 1.41. The highest BCUT2D eigenvalue weighted by atomic mass is 15.2. The van der Waals surface area contributed by atoms with Crippen molar-refractivity contribution in [2.75, 3.05) is 13.1 Å². The second-order valence-electron chi connectivity index (χ2n) is 3.37. The molecule has 1 heterocycles. The quantitative estimate of drug-likeness (QED) is 0.596. The summed E-state index contributed by atoms with van der Waals surface area (Å²) in [5.41, 5.74) is 0. The highest BCUT2D eigenvalue weighted by molar-refractivity contribution is 4.76. The minimum Gasteiger partial charge on any atom is -0.300 e. The summed E-state index contributed by atoms with van der Waals surface area (Å²) in [6.45, 7) is 13.6. The lowest BCUT2D eigenvalue weighted by Gasteiger charge is -2.38. The molecule has 1 fully saturated rings. The Bertz CT molecular complexity index is 84.9. The van der Waals surface area contributed by atoms with Crippen LogP contribution >= 0.6 is 0 Å². The first-order valence-corrected chi connectivity index (χ1v) is 4.96. The van der Waals surface area contributed by atoms with Gasteiger partial charge in [0.05, 0.1) is 0 Å². The van der Waals surface area contributed by atoms with Crippen LogP contribution in [-0.2, 0) is 0 Å². The molecule has 0 unspecified atom stereocenters. The summed E-state index contributed by atoms with van der Waals surface area (Å²) in [7, 11) is 0. The van der Waals surface area contributed by atoms with E-state index in [1.165, 1.54) is 19.5 Å². The molecule has 0 aromatic carbocycles. The molecule has 0 amide bonds. The van der Waals surface area contributed by atoms with Crippen LogP contribution in [0.25, 0.3) is 0 Å². The van der Waals surface area contributed by atoms with Crippen molar-refractivity contribution >= 4 is 0 Å². The summed E-state index contributed by atoms with van der Waals surface area (Å²) in [4.78, 5) is 2.55. The molecular formula is C10H23N. The molecule has 0 aliphatic carbocycles. The summed E-state index contributed by atoms with van der Waals surface area (Å²) < 4.78 is 0. The van der Waals surface area contributed by atoms with Gasteiger partial charge >= 0.3 is 0 Å². The number of nitrogens with zero attached hydrogens (tertiary/aromatic N) is 1. The van der Waals surface area contributed by atoms with Crippen molar-refractivity contribution in [2.45, 2.75) is 47.1 Å². The maximum atomic E-state index is 2.55. The Hall–Kier alpha value is -0.0400. The lowest BCUT2D eigenvalue weighted by Crippen LogP contribution is -2.45. The fourth-order valence-corrected chi connectivity index (χ4v) is 1.17. The van der Waals surface area contributed by atoms with Gasteiger partial charge in [-0.2, -0.15) is 0 Å². The maximum absolute atomic E-state index is 2.55. The number of hydrogen-bond acceptors (Lipinski definition) is 1. The van der Waals surface area contributed by atoms with Crippen LogP contribution in [0, 0.1) is 5.92 Å². The van der Waals surface area contributed by atoms with E-state index in [1.54, 1.807) is 0 Å². The van der Waals surface area contributed by atoms with E-state index >= 15 is 0 Å². The summed E-state index contributed by atoms with van der Waals surface area (Å²) in [6, 6.07) is 0.804. The monoisotopic (exact) mass is 157 g/mol. The predicted octanol–water partition coefficient (Wildman–Crippen LogP) is 2.76. The Morgan fingerprint density at radius 2 is 1.45 bits per heavy atom. The molecule has 1 aliphatic heterocycles. The average Bonchev–Trinajstić information content (AvgIpc) is 1.88. The van der Waals surface area contributed by atoms with Crippen LogP contribution in [-0.4, -0.2) is 24.0 Å². The fraction of sp³-hybridized carbons (Fsp3) is 1.00. The standard InChI is InChI=1S/C8H17N.C2H6/c1-7(2)8(3)9-5-4-6-9;1-2/h7-8H,4-6H2,1-3H3;1-2H3/t8-;/m1./s1. The van der Waals surface area contributed by atoms with Crippen molar-refractivity contribution in [3.8, 4) is 0 Å². The van der Waals surface area contributed by atoms with E-state index in [0.717, 1.165) is 12.0 Å². The minimum atomic E-state index is 0.804. The van der Waals surface area contributed by atoms with E-state index < -0.39 is 0 Å². The van der Waals surface area contributed by atoms with E-state index in [0.29, 0.717) is 0 Å². The Morgan fingerprint density at radius 1 is 1.00 bits per heavy atom. The Morgan fingerprint density at radius 3 is 1.55 bits per heavy atom. The van der Waals surface area contributed by atoms with Gasteiger partial charge in [0.15, 0.2) is 0 Å². The molecule has 0 N–H and O–H groups in total. The zero-order valence-electron chi connectivity index (χ0n) is 8.72. The van der Waals surface area contributed by atoms with Crippen LogP contribution in [0.1, 0.15) is 41.0 Å². The summed E-state index contributed by atoms with van der Waals surface area (Å²) in [5.74, 6) is 0.824. The number of hydrogen-bond donors (Lipinski definition) is 0. The van der Waals surface area contributed by atoms with E-state index in [2.05, 4.69) is 25.7 Å². The molecule has 1 aliphatic rings. The van der Waals surface area contributed by atoms with Crippen LogP contribution in [0.5, 0.6) is 0 Å². The van der Waals surface area contributed by atoms with Crippen LogP contribution < -0.4 is 0 Å². The van der Waals surface area contributed by atoms with Gasteiger partial charge in [-0.15, -0.1) is 0 Å². The van der Waals surface area contributed by atoms with E-state index in [-0.39, 0.29) is 0 Å². The van der Waals surface area contributed by atoms with Crippen molar-refractivity contribution in [2.24, 2.45) is 5.92 Å². The molecule has 11 heavy (non-hydrogen) atoms. The highest BCUT2D eigenvalue weighted by Gasteiger charge is 2.21. The number of likely N-dealkylation sites (tertiary alicyclic amines) is 1. The van der Waals surface area contributed by atoms with Crippen LogP contribution in [0.4, 0.5) is 0 Å². The van der Waals surface area contributed by atoms with Gasteiger partial charge in [0.2, 0.25) is 0 Å². The maximum Gasteiger partial charge on any atom is 0.00899 e. The average molecular weight is 157 g/mol. The molecule has 1 atom stereocenters. The molecule has 0 saturated carbocycles. The van der Waals surface area contributed by atoms with Crippen molar-refractivity contribution < 1.29 is 0 Å². The summed E-state index contributed by atoms with van der Waals surface area (Å²) >= 11 is 0. The first-order valence-electron chi connectivity index (χ1n) is 4.96. The first kappa shape index (κ1) is 11.0. The molecule has 1 saturated heterocycles. The van der Waals surface area contributed by atoms with Gasteiger partial charge in [-0.05, 0) is 32.4 Å². The van der Waals surface area contributed by atoms with Gasteiger partial charge in [-0.1, -0.05) is 27.7 Å². The van der Waals surface area contributed by atoms with Gasteiger partial charge in [0, 0.05) is 6.04 Å². The molecule has 0 aromatic rings. The van der Waals surface area contributed by atoms with Gasteiger partial charge in [-0.25, -0.2) is 0 Å². The van der Waals surface area contributed by atoms with Crippen LogP contribution in [0.3, 0.4) is 0 Å². The summed E-state index contributed by atoms with van der Waals surface area (Å²) in [5, 5.41) is 0. The molecule has 68 valence electrons. The zero-order chi connectivity index (χ0) is 8.85. The fourth-order valence-electron chi connectivity index (χ4n) is 1.17. The topological polar surface area (TPSA) is 3.24 Å². The van der Waals surface area contributed by atoms with E-state index in [4.69, 9.17) is 0 Å². The third-order valence-electron chi connectivity index (χ3n) is 2.43. The molecule has 1 heteroatoms. The first-order chi connectivity index (χ1) is 5.22. The molecule has 1 nitrogen and oxygen atoms in total. The van der Waals surface area contributed by atoms with Crippen LogP contribution in [0.2, 0.25) is 0 Å². The zero-order valence-corrected chi connectivity index (χ0v) is 8.72. The minimum absolute atomic E-state index is 0.804. The molecular weight excluding hydrogens is 134 g/mol. The van der Waals surface area contributed by atoms with E-state index in [1.807, 2.05) is 13.8 Å². The molecule has 0 spiro atoms. The lowest BCUT2D eigenvalue weighted by atomic mass is 10.0. The van der Waals surface area contributed by atoms with Crippen LogP contribution in [0.15, 0.2) is 0 Å². The molecule has 0 radical (unpaired) electrons. The van der Waals surface area contributed by atoms with Gasteiger partial charge in [-0.3, -0.25) is 0 Å². The largest absolute Gasteiger partial charge is 0.300 e. The molecule has 0 aromatic heterocycles. The van der Waals surface area contributed by atoms with Crippen molar-refractivity contribution in [1.29, 1.82) is 0 Å². The van der Waals surface area contributed by atoms with Gasteiger partial charge in [0.25, 0.3) is 0 Å². The molecule has 0 bridgehead atoms. The van der Waals surface area contributed by atoms with Gasteiger partial charge in [0.1, 0.15) is 0 Å². The normalized spacial score (nSPS) is 20.2. The third kappa shape index (κ3) is 3.24. The van der Waals surface area contributed by atoms with Crippen molar-refractivity contribution in [3.63, 3.8) is 0 Å².